The SMILES string of the molecule is CC(C)C[C@]1(C(=O)OC(C)(C)C)C[C@@H](C(=O)O)[C@H](c2cncs2)N1C(=O)OCc1ccccc1. The van der Waals surface area contributed by atoms with Gasteiger partial charge in [-0.05, 0) is 45.1 Å². The second-order valence-electron chi connectivity index (χ2n) is 10.0. The predicted molar refractivity (Wildman–Crippen MR) is 127 cm³/mol. The van der Waals surface area contributed by atoms with Gasteiger partial charge in [-0.1, -0.05) is 44.2 Å². The number of aliphatic carboxylic acids is 1. The lowest BCUT2D eigenvalue weighted by Gasteiger charge is -2.40. The molecule has 1 fully saturated rings. The van der Waals surface area contributed by atoms with E-state index in [-0.39, 0.29) is 25.4 Å². The van der Waals surface area contributed by atoms with Crippen LogP contribution in [0.5, 0.6) is 0 Å². The van der Waals surface area contributed by atoms with Crippen molar-refractivity contribution in [3.05, 3.63) is 52.5 Å². The van der Waals surface area contributed by atoms with Crippen LogP contribution < -0.4 is 0 Å². The number of esters is 1. The Morgan fingerprint density at radius 3 is 2.44 bits per heavy atom. The number of aromatic nitrogens is 1. The van der Waals surface area contributed by atoms with Crippen LogP contribution >= 0.6 is 11.3 Å². The highest BCUT2D eigenvalue weighted by molar-refractivity contribution is 7.09. The molecule has 0 saturated carbocycles. The van der Waals surface area contributed by atoms with E-state index in [4.69, 9.17) is 9.47 Å². The topological polar surface area (TPSA) is 106 Å². The maximum atomic E-state index is 13.7. The van der Waals surface area contributed by atoms with E-state index in [9.17, 15) is 19.5 Å². The molecular weight excluding hydrogens is 456 g/mol. The van der Waals surface area contributed by atoms with Crippen LogP contribution in [0.1, 0.15) is 63.9 Å². The highest BCUT2D eigenvalue weighted by Gasteiger charge is 2.62. The Balaban J connectivity index is 2.10. The molecule has 8 nitrogen and oxygen atoms in total. The third-order valence-corrected chi connectivity index (χ3v) is 6.51. The minimum Gasteiger partial charge on any atom is -0.481 e. The van der Waals surface area contributed by atoms with Gasteiger partial charge in [0.25, 0.3) is 0 Å². The zero-order valence-electron chi connectivity index (χ0n) is 20.2. The summed E-state index contributed by atoms with van der Waals surface area (Å²) >= 11 is 1.25. The van der Waals surface area contributed by atoms with Crippen LogP contribution in [0, 0.1) is 11.8 Å². The zero-order valence-corrected chi connectivity index (χ0v) is 21.0. The molecular formula is C25H32N2O6S. The van der Waals surface area contributed by atoms with Gasteiger partial charge in [0, 0.05) is 11.1 Å². The molecule has 2 heterocycles. The number of hydrogen-bond donors (Lipinski definition) is 1. The maximum Gasteiger partial charge on any atom is 0.411 e. The molecule has 34 heavy (non-hydrogen) atoms. The van der Waals surface area contributed by atoms with E-state index in [1.807, 2.05) is 44.2 Å². The third kappa shape index (κ3) is 5.58. The lowest BCUT2D eigenvalue weighted by molar-refractivity contribution is -0.169. The third-order valence-electron chi connectivity index (χ3n) is 5.66. The molecule has 1 saturated heterocycles. The van der Waals surface area contributed by atoms with Gasteiger partial charge in [0.1, 0.15) is 17.7 Å². The first kappa shape index (κ1) is 25.7. The lowest BCUT2D eigenvalue weighted by atomic mass is 9.83. The number of carboxylic acid groups (broad SMARTS) is 1. The first-order valence-corrected chi connectivity index (χ1v) is 12.2. The molecule has 0 spiro atoms. The van der Waals surface area contributed by atoms with E-state index in [0.29, 0.717) is 4.88 Å². The molecule has 1 amide bonds. The molecule has 3 rings (SSSR count). The summed E-state index contributed by atoms with van der Waals surface area (Å²) in [6.07, 6.45) is 0.959. The van der Waals surface area contributed by atoms with Crippen molar-refractivity contribution in [3.63, 3.8) is 0 Å². The molecule has 0 bridgehead atoms. The van der Waals surface area contributed by atoms with Crippen molar-refractivity contribution in [2.24, 2.45) is 11.8 Å². The molecule has 1 aromatic heterocycles. The van der Waals surface area contributed by atoms with Gasteiger partial charge in [-0.3, -0.25) is 14.7 Å². The normalized spacial score (nSPS) is 22.6. The number of hydrogen-bond acceptors (Lipinski definition) is 7. The predicted octanol–water partition coefficient (Wildman–Crippen LogP) is 5.05. The zero-order chi connectivity index (χ0) is 25.1. The van der Waals surface area contributed by atoms with Crippen LogP contribution in [0.2, 0.25) is 0 Å². The molecule has 1 aliphatic rings. The number of benzene rings is 1. The Morgan fingerprint density at radius 2 is 1.91 bits per heavy atom. The Kier molecular flexibility index (Phi) is 7.65. The smallest absolute Gasteiger partial charge is 0.411 e. The van der Waals surface area contributed by atoms with Crippen molar-refractivity contribution in [1.82, 2.24) is 9.88 Å². The fraction of sp³-hybridized carbons (Fsp3) is 0.520. The highest BCUT2D eigenvalue weighted by Crippen LogP contribution is 2.51. The standard InChI is InChI=1S/C25H32N2O6S/c1-16(2)11-25(22(30)33-24(3,4)5)12-18(21(28)29)20(19-13-26-15-34-19)27(25)23(31)32-14-17-9-7-6-8-10-17/h6-10,13,15-16,18,20H,11-12,14H2,1-5H3,(H,28,29)/t18-,20-,25-/m1/s1. The van der Waals surface area contributed by atoms with Gasteiger partial charge in [0.05, 0.1) is 17.5 Å². The number of thiazole rings is 1. The summed E-state index contributed by atoms with van der Waals surface area (Å²) in [5, 5.41) is 10.1. The Morgan fingerprint density at radius 1 is 1.24 bits per heavy atom. The van der Waals surface area contributed by atoms with E-state index >= 15 is 0 Å². The van der Waals surface area contributed by atoms with Crippen LogP contribution in [0.3, 0.4) is 0 Å². The number of amides is 1. The Labute approximate surface area is 203 Å². The van der Waals surface area contributed by atoms with Gasteiger partial charge in [-0.2, -0.15) is 0 Å². The molecule has 0 unspecified atom stereocenters. The number of rotatable bonds is 7. The largest absolute Gasteiger partial charge is 0.481 e. The van der Waals surface area contributed by atoms with Gasteiger partial charge in [0.2, 0.25) is 0 Å². The highest BCUT2D eigenvalue weighted by atomic mass is 32.1. The van der Waals surface area contributed by atoms with Crippen molar-refractivity contribution in [3.8, 4) is 0 Å². The van der Waals surface area contributed by atoms with Crippen molar-refractivity contribution >= 4 is 29.4 Å². The first-order valence-electron chi connectivity index (χ1n) is 11.3. The number of carboxylic acids is 1. The van der Waals surface area contributed by atoms with Crippen LogP contribution in [0.25, 0.3) is 0 Å². The molecule has 184 valence electrons. The van der Waals surface area contributed by atoms with Crippen molar-refractivity contribution in [1.29, 1.82) is 0 Å². The van der Waals surface area contributed by atoms with Crippen LogP contribution in [0.4, 0.5) is 4.79 Å². The summed E-state index contributed by atoms with van der Waals surface area (Å²) < 4.78 is 11.4. The van der Waals surface area contributed by atoms with Crippen LogP contribution in [0.15, 0.2) is 42.0 Å². The summed E-state index contributed by atoms with van der Waals surface area (Å²) in [4.78, 5) is 45.7. The number of carbonyl (C=O) groups excluding carboxylic acids is 2. The second kappa shape index (κ2) is 10.1. The van der Waals surface area contributed by atoms with E-state index in [1.54, 1.807) is 32.5 Å². The quantitative estimate of drug-likeness (QED) is 0.543. The van der Waals surface area contributed by atoms with Crippen molar-refractivity contribution < 1.29 is 29.0 Å². The summed E-state index contributed by atoms with van der Waals surface area (Å²) in [7, 11) is 0. The molecule has 3 atom stereocenters. The molecule has 1 aromatic carbocycles. The second-order valence-corrected chi connectivity index (χ2v) is 11.0. The fourth-order valence-electron chi connectivity index (χ4n) is 4.51. The molecule has 2 aromatic rings. The average molecular weight is 489 g/mol. The van der Waals surface area contributed by atoms with Gasteiger partial charge < -0.3 is 14.6 Å². The molecule has 1 aliphatic heterocycles. The molecule has 1 N–H and O–H groups in total. The number of likely N-dealkylation sites (tertiary alicyclic amines) is 1. The van der Waals surface area contributed by atoms with Crippen LogP contribution in [-0.2, 0) is 25.7 Å². The van der Waals surface area contributed by atoms with E-state index in [1.165, 1.54) is 16.2 Å². The lowest BCUT2D eigenvalue weighted by Crippen LogP contribution is -2.56. The van der Waals surface area contributed by atoms with Crippen LogP contribution in [-0.4, -0.2) is 44.2 Å². The first-order chi connectivity index (χ1) is 15.9. The average Bonchev–Trinajstić information content (AvgIpc) is 3.38. The summed E-state index contributed by atoms with van der Waals surface area (Å²) in [6.45, 7) is 9.09. The van der Waals surface area contributed by atoms with E-state index in [2.05, 4.69) is 4.98 Å². The fourth-order valence-corrected chi connectivity index (χ4v) is 5.29. The minimum atomic E-state index is -1.49. The van der Waals surface area contributed by atoms with E-state index < -0.39 is 41.1 Å². The van der Waals surface area contributed by atoms with Crippen molar-refractivity contribution in [2.75, 3.05) is 0 Å². The molecule has 0 aliphatic carbocycles. The Hall–Kier alpha value is -2.94. The van der Waals surface area contributed by atoms with Gasteiger partial charge in [-0.25, -0.2) is 9.59 Å². The number of carbonyl (C=O) groups is 3. The van der Waals surface area contributed by atoms with Gasteiger partial charge in [-0.15, -0.1) is 11.3 Å². The minimum absolute atomic E-state index is 0.00456. The van der Waals surface area contributed by atoms with E-state index in [0.717, 1.165) is 5.56 Å². The van der Waals surface area contributed by atoms with Crippen molar-refractivity contribution in [2.45, 2.75) is 71.2 Å². The van der Waals surface area contributed by atoms with Gasteiger partial charge >= 0.3 is 18.0 Å². The molecule has 9 heteroatoms. The Bertz CT molecular complexity index is 1000. The number of nitrogens with zero attached hydrogens (tertiary/aromatic N) is 2. The maximum absolute atomic E-state index is 13.7. The molecule has 0 radical (unpaired) electrons. The van der Waals surface area contributed by atoms with Gasteiger partial charge in [0.15, 0.2) is 0 Å². The number of ether oxygens (including phenoxy) is 2. The monoisotopic (exact) mass is 488 g/mol. The summed E-state index contributed by atoms with van der Waals surface area (Å²) in [5.74, 6) is -2.75. The summed E-state index contributed by atoms with van der Waals surface area (Å²) in [6, 6.07) is 8.28. The summed E-state index contributed by atoms with van der Waals surface area (Å²) in [5.41, 5.74) is 0.0536.